The standard InChI is InChI=1S/C12H16N6O2/c1-5-13-12-14-6-10(18(19)20)11(15-12)17-9(4)7(2)8(3)16-17/h6H,5H2,1-4H3,(H,13,14,15). The molecule has 0 spiro atoms. The van der Waals surface area contributed by atoms with Gasteiger partial charge in [-0.1, -0.05) is 0 Å². The average Bonchev–Trinajstić information content (AvgIpc) is 2.66. The van der Waals surface area contributed by atoms with E-state index in [9.17, 15) is 10.1 Å². The zero-order chi connectivity index (χ0) is 14.9. The van der Waals surface area contributed by atoms with Crippen molar-refractivity contribution in [3.05, 3.63) is 33.3 Å². The van der Waals surface area contributed by atoms with Gasteiger partial charge in [-0.3, -0.25) is 10.1 Å². The molecule has 0 radical (unpaired) electrons. The Balaban J connectivity index is 2.65. The molecule has 0 aromatic carbocycles. The van der Waals surface area contributed by atoms with E-state index in [2.05, 4.69) is 20.4 Å². The van der Waals surface area contributed by atoms with Crippen molar-refractivity contribution in [2.75, 3.05) is 11.9 Å². The summed E-state index contributed by atoms with van der Waals surface area (Å²) in [6, 6.07) is 0. The lowest BCUT2D eigenvalue weighted by atomic mass is 10.2. The molecule has 106 valence electrons. The topological polar surface area (TPSA) is 98.8 Å². The number of rotatable bonds is 4. The molecule has 0 unspecified atom stereocenters. The highest BCUT2D eigenvalue weighted by atomic mass is 16.6. The first-order chi connectivity index (χ1) is 9.45. The molecule has 2 heterocycles. The van der Waals surface area contributed by atoms with Gasteiger partial charge in [-0.25, -0.2) is 9.67 Å². The lowest BCUT2D eigenvalue weighted by Crippen LogP contribution is -2.10. The molecule has 2 aromatic heterocycles. The summed E-state index contributed by atoms with van der Waals surface area (Å²) < 4.78 is 1.49. The van der Waals surface area contributed by atoms with Crippen molar-refractivity contribution >= 4 is 11.6 Å². The van der Waals surface area contributed by atoms with Gasteiger partial charge in [-0.15, -0.1) is 0 Å². The molecule has 0 saturated heterocycles. The molecule has 0 aliphatic carbocycles. The van der Waals surface area contributed by atoms with Crippen molar-refractivity contribution in [2.45, 2.75) is 27.7 Å². The van der Waals surface area contributed by atoms with E-state index in [1.165, 1.54) is 10.9 Å². The Bertz CT molecular complexity index is 664. The van der Waals surface area contributed by atoms with E-state index in [-0.39, 0.29) is 11.5 Å². The third-order valence-electron chi connectivity index (χ3n) is 3.14. The van der Waals surface area contributed by atoms with Crippen LogP contribution in [0.15, 0.2) is 6.20 Å². The first-order valence-electron chi connectivity index (χ1n) is 6.24. The summed E-state index contributed by atoms with van der Waals surface area (Å²) in [6.45, 7) is 8.17. The van der Waals surface area contributed by atoms with Crippen molar-refractivity contribution in [3.63, 3.8) is 0 Å². The average molecular weight is 276 g/mol. The molecule has 8 heteroatoms. The minimum absolute atomic E-state index is 0.169. The van der Waals surface area contributed by atoms with Gasteiger partial charge in [0.1, 0.15) is 6.20 Å². The van der Waals surface area contributed by atoms with Crippen LogP contribution in [-0.2, 0) is 0 Å². The van der Waals surface area contributed by atoms with Crippen LogP contribution in [0.4, 0.5) is 11.6 Å². The van der Waals surface area contributed by atoms with Crippen LogP contribution in [0.5, 0.6) is 0 Å². The number of nitrogens with one attached hydrogen (secondary N) is 1. The molecular weight excluding hydrogens is 260 g/mol. The molecule has 1 N–H and O–H groups in total. The smallest absolute Gasteiger partial charge is 0.332 e. The van der Waals surface area contributed by atoms with Crippen molar-refractivity contribution in [1.29, 1.82) is 0 Å². The van der Waals surface area contributed by atoms with Crippen LogP contribution in [0, 0.1) is 30.9 Å². The zero-order valence-corrected chi connectivity index (χ0v) is 11.8. The number of hydrogen-bond donors (Lipinski definition) is 1. The van der Waals surface area contributed by atoms with E-state index in [1.54, 1.807) is 0 Å². The van der Waals surface area contributed by atoms with Crippen molar-refractivity contribution < 1.29 is 4.92 Å². The fourth-order valence-electron chi connectivity index (χ4n) is 1.82. The molecule has 0 saturated carbocycles. The lowest BCUT2D eigenvalue weighted by Gasteiger charge is -2.07. The number of nitrogens with zero attached hydrogens (tertiary/aromatic N) is 5. The summed E-state index contributed by atoms with van der Waals surface area (Å²) in [7, 11) is 0. The summed E-state index contributed by atoms with van der Waals surface area (Å²) in [5.74, 6) is 0.521. The normalized spacial score (nSPS) is 10.6. The monoisotopic (exact) mass is 276 g/mol. The molecule has 0 fully saturated rings. The maximum atomic E-state index is 11.1. The van der Waals surface area contributed by atoms with Crippen LogP contribution in [0.25, 0.3) is 5.82 Å². The predicted octanol–water partition coefficient (Wildman–Crippen LogP) is 1.93. The zero-order valence-electron chi connectivity index (χ0n) is 11.8. The summed E-state index contributed by atoms with van der Waals surface area (Å²) in [6.07, 6.45) is 1.20. The molecule has 20 heavy (non-hydrogen) atoms. The molecule has 2 aromatic rings. The largest absolute Gasteiger partial charge is 0.354 e. The third-order valence-corrected chi connectivity index (χ3v) is 3.14. The Hall–Kier alpha value is -2.51. The van der Waals surface area contributed by atoms with Crippen LogP contribution in [0.1, 0.15) is 23.9 Å². The quantitative estimate of drug-likeness (QED) is 0.676. The van der Waals surface area contributed by atoms with Gasteiger partial charge in [0.05, 0.1) is 10.6 Å². The Labute approximate surface area is 116 Å². The molecule has 0 atom stereocenters. The Morgan fingerprint density at radius 3 is 2.60 bits per heavy atom. The van der Waals surface area contributed by atoms with Crippen LogP contribution in [0.3, 0.4) is 0 Å². The highest BCUT2D eigenvalue weighted by molar-refractivity contribution is 5.49. The van der Waals surface area contributed by atoms with Crippen molar-refractivity contribution in [3.8, 4) is 5.82 Å². The summed E-state index contributed by atoms with van der Waals surface area (Å²) in [4.78, 5) is 18.8. The lowest BCUT2D eigenvalue weighted by molar-refractivity contribution is -0.385. The van der Waals surface area contributed by atoms with E-state index in [4.69, 9.17) is 0 Å². The van der Waals surface area contributed by atoms with Crippen LogP contribution in [-0.4, -0.2) is 31.2 Å². The van der Waals surface area contributed by atoms with Gasteiger partial charge >= 0.3 is 5.69 Å². The van der Waals surface area contributed by atoms with E-state index >= 15 is 0 Å². The third kappa shape index (κ3) is 2.31. The summed E-state index contributed by atoms with van der Waals surface area (Å²) >= 11 is 0. The van der Waals surface area contributed by atoms with Gasteiger partial charge in [0.15, 0.2) is 0 Å². The molecule has 0 bridgehead atoms. The van der Waals surface area contributed by atoms with Gasteiger partial charge in [-0.05, 0) is 33.3 Å². The second kappa shape index (κ2) is 5.24. The van der Waals surface area contributed by atoms with E-state index in [0.717, 1.165) is 17.0 Å². The van der Waals surface area contributed by atoms with Crippen LogP contribution in [0.2, 0.25) is 0 Å². The summed E-state index contributed by atoms with van der Waals surface area (Å²) in [5, 5.41) is 18.4. The fourth-order valence-corrected chi connectivity index (χ4v) is 1.82. The number of aromatic nitrogens is 4. The minimum Gasteiger partial charge on any atom is -0.354 e. The van der Waals surface area contributed by atoms with E-state index in [1.807, 2.05) is 27.7 Å². The Morgan fingerprint density at radius 1 is 1.40 bits per heavy atom. The van der Waals surface area contributed by atoms with Crippen LogP contribution < -0.4 is 5.32 Å². The SMILES string of the molecule is CCNc1ncc([N+](=O)[O-])c(-n2nc(C)c(C)c2C)n1. The van der Waals surface area contributed by atoms with Crippen molar-refractivity contribution in [2.24, 2.45) is 0 Å². The summed E-state index contributed by atoms with van der Waals surface area (Å²) in [5.41, 5.74) is 2.47. The molecular formula is C12H16N6O2. The highest BCUT2D eigenvalue weighted by Gasteiger charge is 2.22. The minimum atomic E-state index is -0.503. The van der Waals surface area contributed by atoms with Gasteiger partial charge < -0.3 is 5.32 Å². The highest BCUT2D eigenvalue weighted by Crippen LogP contribution is 2.24. The number of aryl methyl sites for hydroxylation is 1. The van der Waals surface area contributed by atoms with Gasteiger partial charge in [0.2, 0.25) is 11.8 Å². The molecule has 0 amide bonds. The molecule has 0 aliphatic rings. The van der Waals surface area contributed by atoms with E-state index in [0.29, 0.717) is 12.5 Å². The first kappa shape index (κ1) is 13.9. The number of nitro groups is 1. The Morgan fingerprint density at radius 2 is 2.10 bits per heavy atom. The number of anilines is 1. The van der Waals surface area contributed by atoms with Crippen molar-refractivity contribution in [1.82, 2.24) is 19.7 Å². The molecule has 8 nitrogen and oxygen atoms in total. The van der Waals surface area contributed by atoms with Gasteiger partial charge in [-0.2, -0.15) is 10.1 Å². The van der Waals surface area contributed by atoms with Crippen LogP contribution >= 0.6 is 0 Å². The molecule has 0 aliphatic heterocycles. The maximum Gasteiger partial charge on any atom is 0.332 e. The number of hydrogen-bond acceptors (Lipinski definition) is 6. The van der Waals surface area contributed by atoms with Gasteiger partial charge in [0, 0.05) is 12.2 Å². The second-order valence-corrected chi connectivity index (χ2v) is 4.40. The van der Waals surface area contributed by atoms with Gasteiger partial charge in [0.25, 0.3) is 0 Å². The Kier molecular flexibility index (Phi) is 3.64. The first-order valence-corrected chi connectivity index (χ1v) is 6.24. The maximum absolute atomic E-state index is 11.1. The fraction of sp³-hybridized carbons (Fsp3) is 0.417. The van der Waals surface area contributed by atoms with E-state index < -0.39 is 4.92 Å². The second-order valence-electron chi connectivity index (χ2n) is 4.40. The predicted molar refractivity (Wildman–Crippen MR) is 74.2 cm³/mol. The molecule has 2 rings (SSSR count).